The first-order chi connectivity index (χ1) is 15.6. The van der Waals surface area contributed by atoms with Crippen LogP contribution in [0.15, 0.2) is 24.3 Å². The van der Waals surface area contributed by atoms with Crippen LogP contribution in [0.1, 0.15) is 46.5 Å². The van der Waals surface area contributed by atoms with Gasteiger partial charge in [-0.15, -0.1) is 0 Å². The van der Waals surface area contributed by atoms with E-state index in [1.165, 1.54) is 0 Å². The van der Waals surface area contributed by atoms with Crippen molar-refractivity contribution in [3.63, 3.8) is 0 Å². The maximum Gasteiger partial charge on any atom is 0.407 e. The van der Waals surface area contributed by atoms with Crippen LogP contribution in [0.25, 0.3) is 0 Å². The number of likely N-dealkylation sites (tertiary alicyclic amines) is 1. The number of halogens is 1. The van der Waals surface area contributed by atoms with Crippen molar-refractivity contribution in [2.24, 2.45) is 5.41 Å². The Morgan fingerprint density at radius 3 is 2.48 bits per heavy atom. The number of aromatic nitrogens is 2. The van der Waals surface area contributed by atoms with Crippen molar-refractivity contribution in [3.8, 4) is 5.75 Å². The number of ether oxygens (including phenoxy) is 2. The largest absolute Gasteiger partial charge is 0.486 e. The first kappa shape index (κ1) is 24.7. The molecule has 2 aliphatic heterocycles. The first-order valence-electron chi connectivity index (χ1n) is 11.3. The average Bonchev–Trinajstić information content (AvgIpc) is 2.77. The molecule has 1 N–H and O–H groups in total. The Morgan fingerprint density at radius 1 is 1.21 bits per heavy atom. The molecule has 9 nitrogen and oxygen atoms in total. The summed E-state index contributed by atoms with van der Waals surface area (Å²) >= 11 is 0. The second-order valence-corrected chi connectivity index (χ2v) is 9.73. The van der Waals surface area contributed by atoms with E-state index in [0.29, 0.717) is 18.0 Å². The Hall–Kier alpha value is -2.91. The van der Waals surface area contributed by atoms with Gasteiger partial charge in [-0.05, 0) is 46.5 Å². The van der Waals surface area contributed by atoms with E-state index >= 15 is 0 Å². The predicted octanol–water partition coefficient (Wildman–Crippen LogP) is 3.07. The molecule has 1 aromatic heterocycles. The number of amides is 2. The van der Waals surface area contributed by atoms with E-state index in [0.717, 1.165) is 45.3 Å². The molecular weight excluding hydrogens is 429 g/mol. The van der Waals surface area contributed by atoms with E-state index in [4.69, 9.17) is 9.47 Å². The summed E-state index contributed by atoms with van der Waals surface area (Å²) in [6, 6.07) is 0. The number of nitrogens with zero attached hydrogens (tertiary/aromatic N) is 4. The second-order valence-electron chi connectivity index (χ2n) is 9.73. The van der Waals surface area contributed by atoms with Crippen LogP contribution < -0.4 is 15.0 Å². The van der Waals surface area contributed by atoms with Crippen molar-refractivity contribution in [2.75, 3.05) is 44.7 Å². The number of hydrogen-bond donors (Lipinski definition) is 1. The van der Waals surface area contributed by atoms with Crippen molar-refractivity contribution < 1.29 is 23.5 Å². The van der Waals surface area contributed by atoms with Crippen LogP contribution in [0.4, 0.5) is 15.1 Å². The molecule has 3 heterocycles. The SMILES string of the molecule is CN1CCCC2(CCN(c3ncc(OC/C(=C/F)CNC(=O)OC(C)(C)C)cn3)CC2)C1=O. The maximum absolute atomic E-state index is 13.2. The summed E-state index contributed by atoms with van der Waals surface area (Å²) in [4.78, 5) is 37.1. The lowest BCUT2D eigenvalue weighted by atomic mass is 9.72. The van der Waals surface area contributed by atoms with Crippen LogP contribution in [-0.4, -0.2) is 72.3 Å². The van der Waals surface area contributed by atoms with Gasteiger partial charge in [-0.25, -0.2) is 19.2 Å². The fourth-order valence-corrected chi connectivity index (χ4v) is 4.21. The van der Waals surface area contributed by atoms with Gasteiger partial charge in [-0.2, -0.15) is 0 Å². The molecule has 10 heteroatoms. The molecule has 1 spiro atoms. The number of hydrogen-bond acceptors (Lipinski definition) is 7. The standard InChI is InChI=1S/C23H34FN5O4/c1-22(2,3)33-21(31)27-13-17(12-24)16-32-18-14-25-20(26-15-18)29-10-7-23(8-11-29)6-5-9-28(4)19(23)30/h12,14-15H,5-11,13,16H2,1-4H3,(H,27,31)/b17-12+. The van der Waals surface area contributed by atoms with Crippen molar-refractivity contribution in [2.45, 2.75) is 52.1 Å². The smallest absolute Gasteiger partial charge is 0.407 e. The van der Waals surface area contributed by atoms with Gasteiger partial charge < -0.3 is 24.6 Å². The highest BCUT2D eigenvalue weighted by Gasteiger charge is 2.44. The number of piperidine rings is 2. The number of carbonyl (C=O) groups excluding carboxylic acids is 2. The van der Waals surface area contributed by atoms with Crippen molar-refractivity contribution in [1.82, 2.24) is 20.2 Å². The van der Waals surface area contributed by atoms with Crippen LogP contribution in [0, 0.1) is 5.41 Å². The van der Waals surface area contributed by atoms with Crippen LogP contribution in [-0.2, 0) is 9.53 Å². The predicted molar refractivity (Wildman–Crippen MR) is 122 cm³/mol. The fourth-order valence-electron chi connectivity index (χ4n) is 4.21. The minimum absolute atomic E-state index is 0.0339. The normalized spacial score (nSPS) is 18.9. The first-order valence-corrected chi connectivity index (χ1v) is 11.3. The van der Waals surface area contributed by atoms with Gasteiger partial charge >= 0.3 is 6.09 Å². The second kappa shape index (κ2) is 10.4. The van der Waals surface area contributed by atoms with Gasteiger partial charge in [0.25, 0.3) is 0 Å². The third-order valence-corrected chi connectivity index (χ3v) is 6.00. The Kier molecular flexibility index (Phi) is 7.76. The molecule has 1 aromatic rings. The van der Waals surface area contributed by atoms with Gasteiger partial charge in [0, 0.05) is 38.8 Å². The van der Waals surface area contributed by atoms with E-state index in [-0.39, 0.29) is 30.0 Å². The third kappa shape index (κ3) is 6.55. The molecule has 2 fully saturated rings. The Labute approximate surface area is 194 Å². The van der Waals surface area contributed by atoms with Crippen LogP contribution in [0.2, 0.25) is 0 Å². The minimum Gasteiger partial charge on any atom is -0.486 e. The Balaban J connectivity index is 1.46. The Bertz CT molecular complexity index is 861. The summed E-state index contributed by atoms with van der Waals surface area (Å²) in [6.45, 7) is 7.45. The molecule has 2 saturated heterocycles. The lowest BCUT2D eigenvalue weighted by molar-refractivity contribution is -0.146. The highest BCUT2D eigenvalue weighted by atomic mass is 19.1. The van der Waals surface area contributed by atoms with Crippen LogP contribution in [0.3, 0.4) is 0 Å². The molecule has 2 aliphatic rings. The highest BCUT2D eigenvalue weighted by Crippen LogP contribution is 2.41. The number of carbonyl (C=O) groups is 2. The third-order valence-electron chi connectivity index (χ3n) is 6.00. The molecule has 0 unspecified atom stereocenters. The lowest BCUT2D eigenvalue weighted by Gasteiger charge is -2.45. The lowest BCUT2D eigenvalue weighted by Crippen LogP contribution is -2.52. The molecule has 0 aromatic carbocycles. The van der Waals surface area contributed by atoms with E-state index < -0.39 is 11.7 Å². The van der Waals surface area contributed by atoms with Crippen molar-refractivity contribution in [1.29, 1.82) is 0 Å². The van der Waals surface area contributed by atoms with Crippen LogP contribution >= 0.6 is 0 Å². The zero-order chi connectivity index (χ0) is 24.1. The van der Waals surface area contributed by atoms with Crippen LogP contribution in [0.5, 0.6) is 5.75 Å². The van der Waals surface area contributed by atoms with Gasteiger partial charge in [-0.1, -0.05) is 0 Å². The minimum atomic E-state index is -0.628. The maximum atomic E-state index is 13.2. The van der Waals surface area contributed by atoms with Gasteiger partial charge in [0.15, 0.2) is 5.75 Å². The molecule has 33 heavy (non-hydrogen) atoms. The van der Waals surface area contributed by atoms with Gasteiger partial charge in [0.2, 0.25) is 11.9 Å². The summed E-state index contributed by atoms with van der Waals surface area (Å²) in [5.41, 5.74) is -0.626. The molecule has 0 bridgehead atoms. The van der Waals surface area contributed by atoms with E-state index in [2.05, 4.69) is 20.2 Å². The fraction of sp³-hybridized carbons (Fsp3) is 0.652. The summed E-state index contributed by atoms with van der Waals surface area (Å²) in [5, 5.41) is 2.49. The van der Waals surface area contributed by atoms with E-state index in [9.17, 15) is 14.0 Å². The van der Waals surface area contributed by atoms with Gasteiger partial charge in [0.1, 0.15) is 12.2 Å². The monoisotopic (exact) mass is 463 g/mol. The number of rotatable bonds is 6. The molecule has 0 radical (unpaired) electrons. The zero-order valence-corrected chi connectivity index (χ0v) is 19.9. The van der Waals surface area contributed by atoms with Gasteiger partial charge in [-0.3, -0.25) is 4.79 Å². The molecule has 182 valence electrons. The number of anilines is 1. The molecule has 0 aliphatic carbocycles. The molecule has 3 rings (SSSR count). The van der Waals surface area contributed by atoms with Crippen molar-refractivity contribution in [3.05, 3.63) is 24.3 Å². The number of nitrogens with one attached hydrogen (secondary N) is 1. The average molecular weight is 464 g/mol. The molecule has 2 amide bonds. The summed E-state index contributed by atoms with van der Waals surface area (Å²) in [7, 11) is 1.88. The summed E-state index contributed by atoms with van der Waals surface area (Å²) in [6.07, 6.45) is 6.46. The molecule has 0 saturated carbocycles. The Morgan fingerprint density at radius 2 is 1.88 bits per heavy atom. The summed E-state index contributed by atoms with van der Waals surface area (Å²) in [5.74, 6) is 1.24. The van der Waals surface area contributed by atoms with Crippen molar-refractivity contribution >= 4 is 17.9 Å². The topological polar surface area (TPSA) is 96.9 Å². The number of alkyl carbamates (subject to hydrolysis) is 1. The highest BCUT2D eigenvalue weighted by molar-refractivity contribution is 5.83. The van der Waals surface area contributed by atoms with Gasteiger partial charge in [0.05, 0.1) is 24.1 Å². The van der Waals surface area contributed by atoms with E-state index in [1.54, 1.807) is 33.2 Å². The quantitative estimate of drug-likeness (QED) is 0.692. The van der Waals surface area contributed by atoms with E-state index in [1.807, 2.05) is 11.9 Å². The molecular formula is C23H34FN5O4. The zero-order valence-electron chi connectivity index (χ0n) is 19.9. The summed E-state index contributed by atoms with van der Waals surface area (Å²) < 4.78 is 23.8. The molecule has 0 atom stereocenters.